The van der Waals surface area contributed by atoms with Crippen molar-refractivity contribution in [2.75, 3.05) is 31.5 Å². The predicted octanol–water partition coefficient (Wildman–Crippen LogP) is 3.20. The van der Waals surface area contributed by atoms with Crippen molar-refractivity contribution in [3.8, 4) is 0 Å². The fourth-order valence-corrected chi connectivity index (χ4v) is 2.39. The second kappa shape index (κ2) is 6.06. The Labute approximate surface area is 105 Å². The molecular weight excluding hydrogens is 208 g/mol. The van der Waals surface area contributed by atoms with Crippen LogP contribution in [0.3, 0.4) is 0 Å². The molecule has 2 nitrogen and oxygen atoms in total. The number of nitrogens with one attached hydrogen (secondary N) is 1. The fraction of sp³-hybridized carbons (Fsp3) is 0.600. The van der Waals surface area contributed by atoms with E-state index in [1.54, 1.807) is 0 Å². The monoisotopic (exact) mass is 232 g/mol. The first-order chi connectivity index (χ1) is 8.25. The minimum atomic E-state index is 1.06. The van der Waals surface area contributed by atoms with Crippen molar-refractivity contribution in [3.63, 3.8) is 0 Å². The Balaban J connectivity index is 1.75. The van der Waals surface area contributed by atoms with E-state index in [2.05, 4.69) is 42.3 Å². The highest BCUT2D eigenvalue weighted by Gasteiger charge is 2.08. The Bertz CT molecular complexity index is 354. The summed E-state index contributed by atoms with van der Waals surface area (Å²) in [4.78, 5) is 2.57. The molecule has 1 aromatic carbocycles. The van der Waals surface area contributed by atoms with Crippen LogP contribution in [0.1, 0.15) is 30.4 Å². The number of hydrogen-bond donors (Lipinski definition) is 1. The lowest BCUT2D eigenvalue weighted by Gasteiger charge is -2.26. The molecule has 0 bridgehead atoms. The molecule has 2 rings (SSSR count). The van der Waals surface area contributed by atoms with Gasteiger partial charge in [-0.1, -0.05) is 12.5 Å². The molecule has 0 atom stereocenters. The first-order valence-electron chi connectivity index (χ1n) is 6.79. The second-order valence-corrected chi connectivity index (χ2v) is 5.13. The zero-order valence-electron chi connectivity index (χ0n) is 11.1. The first-order valence-corrected chi connectivity index (χ1v) is 6.79. The van der Waals surface area contributed by atoms with E-state index in [9.17, 15) is 0 Å². The molecule has 0 radical (unpaired) electrons. The molecule has 0 saturated carbocycles. The zero-order valence-corrected chi connectivity index (χ0v) is 11.1. The standard InChI is InChI=1S/C15H24N2/c1-13-6-7-15(12-14(13)2)16-8-11-17-9-4-3-5-10-17/h6-7,12,16H,3-5,8-11H2,1-2H3. The summed E-state index contributed by atoms with van der Waals surface area (Å²) in [7, 11) is 0. The lowest BCUT2D eigenvalue weighted by atomic mass is 10.1. The van der Waals surface area contributed by atoms with Gasteiger partial charge in [0.25, 0.3) is 0 Å². The molecule has 1 heterocycles. The minimum Gasteiger partial charge on any atom is -0.384 e. The van der Waals surface area contributed by atoms with Crippen LogP contribution < -0.4 is 5.32 Å². The minimum absolute atomic E-state index is 1.06. The molecule has 1 aliphatic heterocycles. The number of rotatable bonds is 4. The van der Waals surface area contributed by atoms with Crippen molar-refractivity contribution < 1.29 is 0 Å². The molecule has 0 amide bonds. The number of piperidine rings is 1. The number of aryl methyl sites for hydroxylation is 2. The van der Waals surface area contributed by atoms with Crippen LogP contribution in [0.25, 0.3) is 0 Å². The zero-order chi connectivity index (χ0) is 12.1. The molecule has 94 valence electrons. The third-order valence-electron chi connectivity index (χ3n) is 3.71. The molecule has 1 fully saturated rings. The molecule has 2 heteroatoms. The van der Waals surface area contributed by atoms with Crippen molar-refractivity contribution in [1.29, 1.82) is 0 Å². The first kappa shape index (κ1) is 12.4. The highest BCUT2D eigenvalue weighted by Crippen LogP contribution is 2.14. The van der Waals surface area contributed by atoms with Crippen molar-refractivity contribution >= 4 is 5.69 Å². The summed E-state index contributed by atoms with van der Waals surface area (Å²) in [5.41, 5.74) is 3.99. The summed E-state index contributed by atoms with van der Waals surface area (Å²) in [6.45, 7) is 9.14. The molecule has 1 aliphatic rings. The molecule has 0 aliphatic carbocycles. The van der Waals surface area contributed by atoms with Gasteiger partial charge in [-0.15, -0.1) is 0 Å². The summed E-state index contributed by atoms with van der Waals surface area (Å²) >= 11 is 0. The van der Waals surface area contributed by atoms with Gasteiger partial charge in [-0.25, -0.2) is 0 Å². The summed E-state index contributed by atoms with van der Waals surface area (Å²) in [5.74, 6) is 0. The highest BCUT2D eigenvalue weighted by atomic mass is 15.1. The van der Waals surface area contributed by atoms with Gasteiger partial charge >= 0.3 is 0 Å². The lowest BCUT2D eigenvalue weighted by Crippen LogP contribution is -2.33. The van der Waals surface area contributed by atoms with Crippen molar-refractivity contribution in [3.05, 3.63) is 29.3 Å². The van der Waals surface area contributed by atoms with Crippen LogP contribution in [-0.2, 0) is 0 Å². The predicted molar refractivity (Wildman–Crippen MR) is 74.7 cm³/mol. The van der Waals surface area contributed by atoms with Crippen LogP contribution >= 0.6 is 0 Å². The highest BCUT2D eigenvalue weighted by molar-refractivity contribution is 5.48. The normalized spacial score (nSPS) is 17.1. The Morgan fingerprint density at radius 3 is 2.53 bits per heavy atom. The van der Waals surface area contributed by atoms with Gasteiger partial charge in [0.05, 0.1) is 0 Å². The van der Waals surface area contributed by atoms with E-state index in [-0.39, 0.29) is 0 Å². The van der Waals surface area contributed by atoms with E-state index in [4.69, 9.17) is 0 Å². The van der Waals surface area contributed by atoms with E-state index in [0.717, 1.165) is 6.54 Å². The molecule has 0 spiro atoms. The largest absolute Gasteiger partial charge is 0.384 e. The summed E-state index contributed by atoms with van der Waals surface area (Å²) in [6.07, 6.45) is 4.17. The van der Waals surface area contributed by atoms with E-state index in [0.29, 0.717) is 0 Å². The van der Waals surface area contributed by atoms with Gasteiger partial charge in [0, 0.05) is 18.8 Å². The van der Waals surface area contributed by atoms with Gasteiger partial charge < -0.3 is 10.2 Å². The van der Waals surface area contributed by atoms with E-state index in [1.165, 1.54) is 55.7 Å². The number of benzene rings is 1. The molecule has 17 heavy (non-hydrogen) atoms. The number of hydrogen-bond acceptors (Lipinski definition) is 2. The number of nitrogens with zero attached hydrogens (tertiary/aromatic N) is 1. The third kappa shape index (κ3) is 3.74. The number of anilines is 1. The van der Waals surface area contributed by atoms with Gasteiger partial charge in [0.15, 0.2) is 0 Å². The second-order valence-electron chi connectivity index (χ2n) is 5.13. The molecule has 0 unspecified atom stereocenters. The van der Waals surface area contributed by atoms with Crippen LogP contribution in [0.2, 0.25) is 0 Å². The smallest absolute Gasteiger partial charge is 0.0343 e. The summed E-state index contributed by atoms with van der Waals surface area (Å²) in [6, 6.07) is 6.61. The van der Waals surface area contributed by atoms with Crippen LogP contribution in [0.5, 0.6) is 0 Å². The average molecular weight is 232 g/mol. The summed E-state index contributed by atoms with van der Waals surface area (Å²) < 4.78 is 0. The Kier molecular flexibility index (Phi) is 4.43. The Morgan fingerprint density at radius 2 is 1.82 bits per heavy atom. The topological polar surface area (TPSA) is 15.3 Å². The fourth-order valence-electron chi connectivity index (χ4n) is 2.39. The molecule has 0 aromatic heterocycles. The average Bonchev–Trinajstić information content (AvgIpc) is 2.35. The number of likely N-dealkylation sites (tertiary alicyclic amines) is 1. The maximum atomic E-state index is 3.52. The SMILES string of the molecule is Cc1ccc(NCCN2CCCCC2)cc1C. The van der Waals surface area contributed by atoms with Gasteiger partial charge in [0.2, 0.25) is 0 Å². The molecule has 1 aromatic rings. The maximum absolute atomic E-state index is 3.52. The van der Waals surface area contributed by atoms with E-state index in [1.807, 2.05) is 0 Å². The van der Waals surface area contributed by atoms with Crippen molar-refractivity contribution in [2.24, 2.45) is 0 Å². The van der Waals surface area contributed by atoms with Crippen LogP contribution in [0.4, 0.5) is 5.69 Å². The Hall–Kier alpha value is -1.02. The lowest BCUT2D eigenvalue weighted by molar-refractivity contribution is 0.237. The van der Waals surface area contributed by atoms with Crippen LogP contribution in [0, 0.1) is 13.8 Å². The van der Waals surface area contributed by atoms with Gasteiger partial charge in [0.1, 0.15) is 0 Å². The van der Waals surface area contributed by atoms with Crippen LogP contribution in [-0.4, -0.2) is 31.1 Å². The van der Waals surface area contributed by atoms with Gasteiger partial charge in [-0.2, -0.15) is 0 Å². The van der Waals surface area contributed by atoms with E-state index < -0.39 is 0 Å². The molecular formula is C15H24N2. The third-order valence-corrected chi connectivity index (χ3v) is 3.71. The quantitative estimate of drug-likeness (QED) is 0.857. The van der Waals surface area contributed by atoms with Crippen molar-refractivity contribution in [1.82, 2.24) is 4.90 Å². The summed E-state index contributed by atoms with van der Waals surface area (Å²) in [5, 5.41) is 3.52. The van der Waals surface area contributed by atoms with E-state index >= 15 is 0 Å². The van der Waals surface area contributed by atoms with Gasteiger partial charge in [-0.05, 0) is 63.0 Å². The molecule has 1 N–H and O–H groups in total. The maximum Gasteiger partial charge on any atom is 0.0343 e. The molecule has 1 saturated heterocycles. The van der Waals surface area contributed by atoms with Crippen LogP contribution in [0.15, 0.2) is 18.2 Å². The Morgan fingerprint density at radius 1 is 1.06 bits per heavy atom. The van der Waals surface area contributed by atoms with Gasteiger partial charge in [-0.3, -0.25) is 0 Å². The van der Waals surface area contributed by atoms with Crippen molar-refractivity contribution in [2.45, 2.75) is 33.1 Å².